The quantitative estimate of drug-likeness (QED) is 0.622. The van der Waals surface area contributed by atoms with Crippen molar-refractivity contribution in [2.45, 2.75) is 26.3 Å². The van der Waals surface area contributed by atoms with E-state index in [9.17, 15) is 19.5 Å². The standard InChI is InChI=1S/C22H21NO6/c1-12-9-16(28-3)19-13(2)15(22(27)29-17(19)10-12)11-18(24)23-20(21(25)26)14-7-5-4-6-8-14/h4-10,20H,11H2,1-3H3,(H,23,24)(H,25,26). The molecular formula is C22H21NO6. The van der Waals surface area contributed by atoms with Gasteiger partial charge in [0.05, 0.1) is 24.5 Å². The van der Waals surface area contributed by atoms with Crippen LogP contribution < -0.4 is 15.7 Å². The van der Waals surface area contributed by atoms with Gasteiger partial charge in [-0.15, -0.1) is 0 Å². The fourth-order valence-electron chi connectivity index (χ4n) is 3.31. The third kappa shape index (κ3) is 4.13. The summed E-state index contributed by atoms with van der Waals surface area (Å²) in [6, 6.07) is 10.7. The van der Waals surface area contributed by atoms with Crippen LogP contribution >= 0.6 is 0 Å². The normalized spacial score (nSPS) is 11.8. The van der Waals surface area contributed by atoms with E-state index in [0.717, 1.165) is 5.56 Å². The topological polar surface area (TPSA) is 106 Å². The van der Waals surface area contributed by atoms with E-state index in [-0.39, 0.29) is 12.0 Å². The SMILES string of the molecule is COc1cc(C)cc2oc(=O)c(CC(=O)NC(C(=O)O)c3ccccc3)c(C)c12. The lowest BCUT2D eigenvalue weighted by Gasteiger charge is -2.16. The number of rotatable bonds is 6. The fraction of sp³-hybridized carbons (Fsp3) is 0.227. The van der Waals surface area contributed by atoms with Crippen LogP contribution in [0.25, 0.3) is 11.0 Å². The fourth-order valence-corrected chi connectivity index (χ4v) is 3.31. The van der Waals surface area contributed by atoms with Crippen LogP contribution in [-0.4, -0.2) is 24.1 Å². The predicted molar refractivity (Wildman–Crippen MR) is 107 cm³/mol. The highest BCUT2D eigenvalue weighted by Crippen LogP contribution is 2.30. The van der Waals surface area contributed by atoms with Gasteiger partial charge in [0.15, 0.2) is 6.04 Å². The van der Waals surface area contributed by atoms with Crippen LogP contribution in [0, 0.1) is 13.8 Å². The zero-order valence-corrected chi connectivity index (χ0v) is 16.3. The first-order chi connectivity index (χ1) is 13.8. The van der Waals surface area contributed by atoms with E-state index in [1.54, 1.807) is 43.3 Å². The Hall–Kier alpha value is -3.61. The number of carbonyl (C=O) groups is 2. The summed E-state index contributed by atoms with van der Waals surface area (Å²) in [5.41, 5.74) is 1.78. The number of amides is 1. The van der Waals surface area contributed by atoms with Gasteiger partial charge in [-0.05, 0) is 42.7 Å². The van der Waals surface area contributed by atoms with Gasteiger partial charge in [0.1, 0.15) is 11.3 Å². The van der Waals surface area contributed by atoms with Crippen molar-refractivity contribution in [2.75, 3.05) is 7.11 Å². The van der Waals surface area contributed by atoms with Crippen molar-refractivity contribution in [1.82, 2.24) is 5.32 Å². The molecule has 1 unspecified atom stereocenters. The van der Waals surface area contributed by atoms with Gasteiger partial charge in [0, 0.05) is 0 Å². The summed E-state index contributed by atoms with van der Waals surface area (Å²) < 4.78 is 10.8. The maximum absolute atomic E-state index is 12.6. The van der Waals surface area contributed by atoms with Gasteiger partial charge in [-0.2, -0.15) is 0 Å². The van der Waals surface area contributed by atoms with Gasteiger partial charge < -0.3 is 19.6 Å². The lowest BCUT2D eigenvalue weighted by molar-refractivity contribution is -0.142. The number of carbonyl (C=O) groups excluding carboxylic acids is 1. The molecule has 0 saturated heterocycles. The molecule has 0 aliphatic carbocycles. The zero-order valence-electron chi connectivity index (χ0n) is 16.3. The number of hydrogen-bond donors (Lipinski definition) is 2. The van der Waals surface area contributed by atoms with E-state index in [1.807, 2.05) is 13.0 Å². The molecule has 2 aromatic carbocycles. The average molecular weight is 395 g/mol. The molecule has 2 N–H and O–H groups in total. The van der Waals surface area contributed by atoms with Gasteiger partial charge in [-0.3, -0.25) is 4.79 Å². The van der Waals surface area contributed by atoms with Crippen LogP contribution in [0.2, 0.25) is 0 Å². The van der Waals surface area contributed by atoms with Gasteiger partial charge >= 0.3 is 11.6 Å². The Morgan fingerprint density at radius 2 is 1.86 bits per heavy atom. The number of hydrogen-bond acceptors (Lipinski definition) is 5. The lowest BCUT2D eigenvalue weighted by atomic mass is 10.0. The molecule has 0 saturated carbocycles. The Balaban J connectivity index is 1.95. The van der Waals surface area contributed by atoms with Gasteiger partial charge in [0.2, 0.25) is 5.91 Å². The molecule has 3 aromatic rings. The van der Waals surface area contributed by atoms with E-state index in [2.05, 4.69) is 5.32 Å². The van der Waals surface area contributed by atoms with E-state index in [1.165, 1.54) is 7.11 Å². The summed E-state index contributed by atoms with van der Waals surface area (Å²) in [6.45, 7) is 3.57. The number of benzene rings is 2. The Bertz CT molecular complexity index is 1130. The molecule has 0 aliphatic rings. The molecule has 1 atom stereocenters. The maximum Gasteiger partial charge on any atom is 0.340 e. The Morgan fingerprint density at radius 1 is 1.17 bits per heavy atom. The first kappa shape index (κ1) is 20.1. The largest absolute Gasteiger partial charge is 0.496 e. The maximum atomic E-state index is 12.6. The Kier molecular flexibility index (Phi) is 5.68. The summed E-state index contributed by atoms with van der Waals surface area (Å²) in [7, 11) is 1.52. The smallest absolute Gasteiger partial charge is 0.340 e. The summed E-state index contributed by atoms with van der Waals surface area (Å²) in [5.74, 6) is -1.25. The number of aryl methyl sites for hydroxylation is 2. The molecule has 29 heavy (non-hydrogen) atoms. The van der Waals surface area contributed by atoms with Crippen LogP contribution in [-0.2, 0) is 16.0 Å². The highest BCUT2D eigenvalue weighted by molar-refractivity contribution is 5.90. The van der Waals surface area contributed by atoms with Crippen molar-refractivity contribution < 1.29 is 23.8 Å². The first-order valence-corrected chi connectivity index (χ1v) is 9.00. The molecule has 0 radical (unpaired) electrons. The van der Waals surface area contributed by atoms with Crippen molar-refractivity contribution in [3.63, 3.8) is 0 Å². The van der Waals surface area contributed by atoms with Crippen LogP contribution in [0.1, 0.15) is 28.3 Å². The third-order valence-electron chi connectivity index (χ3n) is 4.73. The monoisotopic (exact) mass is 395 g/mol. The van der Waals surface area contributed by atoms with Crippen LogP contribution in [0.3, 0.4) is 0 Å². The Morgan fingerprint density at radius 3 is 2.48 bits per heavy atom. The minimum atomic E-state index is -1.21. The van der Waals surface area contributed by atoms with Gasteiger partial charge in [0.25, 0.3) is 0 Å². The molecule has 0 bridgehead atoms. The molecule has 1 aromatic heterocycles. The molecule has 0 fully saturated rings. The molecule has 7 heteroatoms. The second-order valence-corrected chi connectivity index (χ2v) is 6.76. The summed E-state index contributed by atoms with van der Waals surface area (Å²) >= 11 is 0. The average Bonchev–Trinajstić information content (AvgIpc) is 2.68. The highest BCUT2D eigenvalue weighted by Gasteiger charge is 2.24. The molecule has 0 spiro atoms. The van der Waals surface area contributed by atoms with Crippen LogP contribution in [0.15, 0.2) is 51.7 Å². The summed E-state index contributed by atoms with van der Waals surface area (Å²) in [5, 5.41) is 12.6. The highest BCUT2D eigenvalue weighted by atomic mass is 16.5. The number of carboxylic acids is 1. The van der Waals surface area contributed by atoms with E-state index in [0.29, 0.717) is 27.8 Å². The number of nitrogens with one attached hydrogen (secondary N) is 1. The van der Waals surface area contributed by atoms with Crippen molar-refractivity contribution in [2.24, 2.45) is 0 Å². The molecular weight excluding hydrogens is 374 g/mol. The molecule has 0 aliphatic heterocycles. The van der Waals surface area contributed by atoms with Crippen molar-refractivity contribution in [1.29, 1.82) is 0 Å². The predicted octanol–water partition coefficient (Wildman–Crippen LogP) is 2.90. The lowest BCUT2D eigenvalue weighted by Crippen LogP contribution is -2.35. The van der Waals surface area contributed by atoms with E-state index >= 15 is 0 Å². The molecule has 7 nitrogen and oxygen atoms in total. The van der Waals surface area contributed by atoms with Crippen molar-refractivity contribution >= 4 is 22.8 Å². The van der Waals surface area contributed by atoms with Crippen molar-refractivity contribution in [3.05, 3.63) is 75.1 Å². The first-order valence-electron chi connectivity index (χ1n) is 9.00. The van der Waals surface area contributed by atoms with Gasteiger partial charge in [-0.25, -0.2) is 9.59 Å². The van der Waals surface area contributed by atoms with Crippen LogP contribution in [0.5, 0.6) is 5.75 Å². The van der Waals surface area contributed by atoms with Gasteiger partial charge in [-0.1, -0.05) is 30.3 Å². The minimum Gasteiger partial charge on any atom is -0.496 e. The Labute approximate surface area is 166 Å². The number of aliphatic carboxylic acids is 1. The molecule has 3 rings (SSSR count). The summed E-state index contributed by atoms with van der Waals surface area (Å²) in [6.07, 6.45) is -0.308. The van der Waals surface area contributed by atoms with Crippen molar-refractivity contribution in [3.8, 4) is 5.75 Å². The number of carboxylic acid groups (broad SMARTS) is 1. The zero-order chi connectivity index (χ0) is 21.1. The second kappa shape index (κ2) is 8.18. The molecule has 150 valence electrons. The van der Waals surface area contributed by atoms with E-state index in [4.69, 9.17) is 9.15 Å². The molecule has 1 heterocycles. The number of fused-ring (bicyclic) bond motifs is 1. The van der Waals surface area contributed by atoms with E-state index < -0.39 is 23.5 Å². The molecule has 1 amide bonds. The number of ether oxygens (including phenoxy) is 1. The number of methoxy groups -OCH3 is 1. The second-order valence-electron chi connectivity index (χ2n) is 6.76. The summed E-state index contributed by atoms with van der Waals surface area (Å²) in [4.78, 5) is 36.7. The minimum absolute atomic E-state index is 0.161. The third-order valence-corrected chi connectivity index (χ3v) is 4.73. The van der Waals surface area contributed by atoms with Crippen LogP contribution in [0.4, 0.5) is 0 Å².